The minimum Gasteiger partial charge on any atom is -0.295 e. The summed E-state index contributed by atoms with van der Waals surface area (Å²) in [4.78, 5) is 11.9. The van der Waals surface area contributed by atoms with Crippen LogP contribution in [0.5, 0.6) is 0 Å². The highest BCUT2D eigenvalue weighted by atomic mass is 16.3. The molecule has 0 aromatic carbocycles. The predicted molar refractivity (Wildman–Crippen MR) is 32.7 cm³/mol. The van der Waals surface area contributed by atoms with Crippen molar-refractivity contribution in [1.82, 2.24) is 5.32 Å². The number of hydrogen-bond acceptors (Lipinski definition) is 4. The fourth-order valence-electron chi connectivity index (χ4n) is 0.298. The molecule has 0 saturated heterocycles. The van der Waals surface area contributed by atoms with Crippen molar-refractivity contribution in [1.29, 1.82) is 0 Å². The van der Waals surface area contributed by atoms with Crippen LogP contribution in [-0.4, -0.2) is 19.8 Å². The van der Waals surface area contributed by atoms with Crippen LogP contribution in [0.3, 0.4) is 0 Å². The van der Waals surface area contributed by atoms with Crippen LogP contribution >= 0.6 is 0 Å². The van der Waals surface area contributed by atoms with Crippen molar-refractivity contribution in [2.24, 2.45) is 10.3 Å². The summed E-state index contributed by atoms with van der Waals surface area (Å²) in [5.41, 5.74) is 7.77. The average molecular weight is 129 g/mol. The van der Waals surface area contributed by atoms with Crippen molar-refractivity contribution >= 4 is 0 Å². The van der Waals surface area contributed by atoms with E-state index in [1.54, 1.807) is 0 Å². The van der Waals surface area contributed by atoms with Gasteiger partial charge in [0.05, 0.1) is 0 Å². The van der Waals surface area contributed by atoms with Crippen molar-refractivity contribution in [2.45, 2.75) is 0 Å². The summed E-state index contributed by atoms with van der Waals surface area (Å²) in [7, 11) is 0. The third-order valence-electron chi connectivity index (χ3n) is 0.628. The highest BCUT2D eigenvalue weighted by Crippen LogP contribution is 1.67. The van der Waals surface area contributed by atoms with Gasteiger partial charge in [0.15, 0.2) is 0 Å². The summed E-state index contributed by atoms with van der Waals surface area (Å²) in [5, 5.41) is 8.38. The molecule has 0 aliphatic heterocycles. The lowest BCUT2D eigenvalue weighted by Gasteiger charge is -1.90. The van der Waals surface area contributed by atoms with Crippen LogP contribution in [0.1, 0.15) is 0 Å². The molecule has 1 N–H and O–H groups in total. The molecule has 0 bridgehead atoms. The van der Waals surface area contributed by atoms with Crippen molar-refractivity contribution in [3.63, 3.8) is 0 Å². The van der Waals surface area contributed by atoms with Gasteiger partial charge in [-0.1, -0.05) is 10.3 Å². The molecule has 0 fully saturated rings. The lowest BCUT2D eigenvalue weighted by Crippen LogP contribution is -2.16. The normalized spacial score (nSPS) is 8.00. The van der Waals surface area contributed by atoms with Crippen LogP contribution in [-0.2, 0) is 0 Å². The van der Waals surface area contributed by atoms with Gasteiger partial charge in [-0.05, 0) is 5.53 Å². The Kier molecular flexibility index (Phi) is 6.01. The summed E-state index contributed by atoms with van der Waals surface area (Å²) in [6, 6.07) is 0. The fourth-order valence-corrected chi connectivity index (χ4v) is 0.298. The van der Waals surface area contributed by atoms with Gasteiger partial charge in [-0.2, -0.15) is 0 Å². The topological polar surface area (TPSA) is 90.2 Å². The second kappa shape index (κ2) is 6.87. The molecule has 0 radical (unpaired) electrons. The Labute approximate surface area is 51.8 Å². The van der Waals surface area contributed by atoms with Crippen molar-refractivity contribution in [2.75, 3.05) is 19.8 Å². The van der Waals surface area contributed by atoms with E-state index in [2.05, 4.69) is 20.5 Å². The monoisotopic (exact) mass is 129 g/mol. The summed E-state index contributed by atoms with van der Waals surface area (Å²) in [6.45, 7) is 0.919. The van der Waals surface area contributed by atoms with E-state index in [4.69, 9.17) is 5.53 Å². The molecule has 0 amide bonds. The molecular weight excluding hydrogens is 122 g/mol. The number of nitroso groups, excluding NO2 is 1. The van der Waals surface area contributed by atoms with E-state index < -0.39 is 0 Å². The van der Waals surface area contributed by atoms with E-state index in [9.17, 15) is 4.91 Å². The molecule has 50 valence electrons. The fraction of sp³-hybridized carbons (Fsp3) is 1.00. The molecule has 0 aliphatic rings. The van der Waals surface area contributed by atoms with Gasteiger partial charge in [0.25, 0.3) is 0 Å². The molecule has 0 aromatic heterocycles. The van der Waals surface area contributed by atoms with Gasteiger partial charge in [-0.25, -0.2) is 0 Å². The first kappa shape index (κ1) is 7.87. The lowest BCUT2D eigenvalue weighted by atomic mass is 10.6. The second-order valence-electron chi connectivity index (χ2n) is 1.24. The number of hydrogen-bond donors (Lipinski definition) is 1. The van der Waals surface area contributed by atoms with E-state index in [0.717, 1.165) is 0 Å². The zero-order chi connectivity index (χ0) is 6.95. The predicted octanol–water partition coefficient (Wildman–Crippen LogP) is 0.610. The third-order valence-corrected chi connectivity index (χ3v) is 0.628. The summed E-state index contributed by atoms with van der Waals surface area (Å²) in [5.74, 6) is 0. The van der Waals surface area contributed by atoms with Crippen LogP contribution in [0, 0.1) is 4.91 Å². The minimum atomic E-state index is 0.0704. The third kappa shape index (κ3) is 6.87. The van der Waals surface area contributed by atoms with Crippen molar-refractivity contribution in [3.8, 4) is 0 Å². The van der Waals surface area contributed by atoms with Gasteiger partial charge in [0.2, 0.25) is 0 Å². The first-order chi connectivity index (χ1) is 4.41. The Morgan fingerprint density at radius 2 is 2.44 bits per heavy atom. The highest BCUT2D eigenvalue weighted by Gasteiger charge is 1.80. The molecule has 9 heavy (non-hydrogen) atoms. The van der Waals surface area contributed by atoms with Crippen molar-refractivity contribution in [3.05, 3.63) is 15.3 Å². The van der Waals surface area contributed by atoms with Crippen LogP contribution in [0.15, 0.2) is 10.3 Å². The van der Waals surface area contributed by atoms with E-state index in [-0.39, 0.29) is 6.67 Å². The molecule has 6 heteroatoms. The number of nitrogens with zero attached hydrogens (tertiary/aromatic N) is 4. The van der Waals surface area contributed by atoms with Crippen LogP contribution in [0.25, 0.3) is 10.4 Å². The maximum atomic E-state index is 9.42. The lowest BCUT2D eigenvalue weighted by molar-refractivity contribution is 0.706. The molecule has 0 spiro atoms. The number of rotatable bonds is 5. The van der Waals surface area contributed by atoms with Gasteiger partial charge in [0.1, 0.15) is 6.67 Å². The summed E-state index contributed by atoms with van der Waals surface area (Å²) in [6.07, 6.45) is 0. The molecular formula is C3H7N5O. The Balaban J connectivity index is 2.90. The van der Waals surface area contributed by atoms with Gasteiger partial charge >= 0.3 is 0 Å². The maximum absolute atomic E-state index is 9.42. The minimum absolute atomic E-state index is 0.0704. The smallest absolute Gasteiger partial charge is 0.131 e. The zero-order valence-electron chi connectivity index (χ0n) is 4.82. The Hall–Kier alpha value is -1.13. The van der Waals surface area contributed by atoms with Gasteiger partial charge in [-0.15, -0.1) is 4.91 Å². The van der Waals surface area contributed by atoms with E-state index in [0.29, 0.717) is 13.1 Å². The molecule has 6 nitrogen and oxygen atoms in total. The average Bonchev–Trinajstić information content (AvgIpc) is 1.89. The largest absolute Gasteiger partial charge is 0.295 e. The molecule has 0 heterocycles. The van der Waals surface area contributed by atoms with Crippen molar-refractivity contribution < 1.29 is 0 Å². The quantitative estimate of drug-likeness (QED) is 0.194. The number of nitrogens with one attached hydrogen (secondary N) is 1. The van der Waals surface area contributed by atoms with Gasteiger partial charge in [-0.3, -0.25) is 5.32 Å². The maximum Gasteiger partial charge on any atom is 0.131 e. The number of azide groups is 1. The Morgan fingerprint density at radius 1 is 1.67 bits per heavy atom. The SMILES string of the molecule is [N-]=[N+]=NCCNCN=O. The van der Waals surface area contributed by atoms with Crippen LogP contribution < -0.4 is 5.32 Å². The van der Waals surface area contributed by atoms with E-state index in [1.807, 2.05) is 0 Å². The van der Waals surface area contributed by atoms with Crippen LogP contribution in [0.4, 0.5) is 0 Å². The molecule has 0 unspecified atom stereocenters. The Bertz CT molecular complexity index is 117. The summed E-state index contributed by atoms with van der Waals surface area (Å²) < 4.78 is 0. The molecule has 0 saturated carbocycles. The first-order valence-electron chi connectivity index (χ1n) is 2.42. The molecule has 0 aliphatic carbocycles. The summed E-state index contributed by atoms with van der Waals surface area (Å²) >= 11 is 0. The Morgan fingerprint density at radius 3 is 3.00 bits per heavy atom. The standard InChI is InChI=1S/C3H7N5O/c4-8-6-2-1-5-3-7-9/h5H,1-3H2. The van der Waals surface area contributed by atoms with E-state index >= 15 is 0 Å². The molecule has 0 atom stereocenters. The first-order valence-corrected chi connectivity index (χ1v) is 2.42. The van der Waals surface area contributed by atoms with Gasteiger partial charge < -0.3 is 0 Å². The van der Waals surface area contributed by atoms with Gasteiger partial charge in [0, 0.05) is 18.0 Å². The highest BCUT2D eigenvalue weighted by molar-refractivity contribution is 4.49. The molecule has 0 aromatic rings. The zero-order valence-corrected chi connectivity index (χ0v) is 4.82. The molecule has 0 rings (SSSR count). The van der Waals surface area contributed by atoms with Crippen LogP contribution in [0.2, 0.25) is 0 Å². The second-order valence-corrected chi connectivity index (χ2v) is 1.24. The van der Waals surface area contributed by atoms with E-state index in [1.165, 1.54) is 0 Å².